The molecule has 0 radical (unpaired) electrons. The van der Waals surface area contributed by atoms with Gasteiger partial charge in [0, 0.05) is 55.1 Å². The predicted molar refractivity (Wildman–Crippen MR) is 347 cm³/mol. The van der Waals surface area contributed by atoms with Gasteiger partial charge >= 0.3 is 11.9 Å². The summed E-state index contributed by atoms with van der Waals surface area (Å²) in [6, 6.07) is -7.12. The molecule has 33 heteroatoms. The van der Waals surface area contributed by atoms with Crippen molar-refractivity contribution in [3.63, 3.8) is 0 Å². The second kappa shape index (κ2) is 40.9. The van der Waals surface area contributed by atoms with Gasteiger partial charge in [0.05, 0.1) is 19.1 Å². The maximum absolute atomic E-state index is 15.1. The molecule has 11 atom stereocenters. The third-order valence-electron chi connectivity index (χ3n) is 15.7. The van der Waals surface area contributed by atoms with Crippen molar-refractivity contribution in [2.45, 2.75) is 203 Å². The van der Waals surface area contributed by atoms with Gasteiger partial charge in [-0.05, 0) is 107 Å². The molecular formula is C60H95N15O16S2. The number of amides is 10. The SMILES string of the molecule is CCCC[C@@H]1NC[C@@H]2CCCN2C(=O)[C@@H]2CSCc3cc(cc(c3)OCCCCCCO/N=C/C(=O)N[C@@H](CCCNC(=N)N)C(=O)N2)CSC[C@@H](C(N)=O)NC(=O)[C@H](CCC(=O)O)NC(=O)[C@H](C)NC(=O)[C@H](C)NC(=O)[C@H]([C@@H](C)CC)NC(=O)[C@H](CC(=O)O)NC1=O. The van der Waals surface area contributed by atoms with Crippen LogP contribution in [-0.4, -0.2) is 203 Å². The number of guanidine groups is 1. The topological polar surface area (TPSA) is 476 Å². The Labute approximate surface area is 550 Å². The van der Waals surface area contributed by atoms with Gasteiger partial charge in [0.25, 0.3) is 5.91 Å². The molecular weight excluding hydrogens is 1250 g/mol. The number of primary amides is 1. The molecule has 3 heterocycles. The monoisotopic (exact) mass is 1350 g/mol. The molecule has 17 N–H and O–H groups in total. The fourth-order valence-electron chi connectivity index (χ4n) is 10.2. The van der Waals surface area contributed by atoms with Crippen LogP contribution in [0.25, 0.3) is 0 Å². The predicted octanol–water partition coefficient (Wildman–Crippen LogP) is -0.686. The number of nitrogens with two attached hydrogens (primary N) is 2. The van der Waals surface area contributed by atoms with Crippen LogP contribution >= 0.6 is 23.5 Å². The Morgan fingerprint density at radius 3 is 1.95 bits per heavy atom. The van der Waals surface area contributed by atoms with Crippen LogP contribution in [0.2, 0.25) is 0 Å². The minimum atomic E-state index is -1.71. The average molecular weight is 1350 g/mol. The summed E-state index contributed by atoms with van der Waals surface area (Å²) >= 11 is 2.54. The number of unbranched alkanes of at least 4 members (excludes halogenated alkanes) is 1. The quantitative estimate of drug-likeness (QED) is 0.0587. The van der Waals surface area contributed by atoms with Crippen molar-refractivity contribution in [2.75, 3.05) is 44.4 Å². The summed E-state index contributed by atoms with van der Waals surface area (Å²) in [7, 11) is 0. The minimum Gasteiger partial charge on any atom is -0.494 e. The van der Waals surface area contributed by atoms with Gasteiger partial charge in [0.15, 0.2) is 5.96 Å². The molecule has 31 nitrogen and oxygen atoms in total. The van der Waals surface area contributed by atoms with Crippen molar-refractivity contribution in [2.24, 2.45) is 22.5 Å². The van der Waals surface area contributed by atoms with Gasteiger partial charge in [0.2, 0.25) is 53.2 Å². The third kappa shape index (κ3) is 28.0. The Bertz CT molecular complexity index is 2780. The molecule has 0 unspecified atom stereocenters. The summed E-state index contributed by atoms with van der Waals surface area (Å²) < 4.78 is 6.27. The summed E-state index contributed by atoms with van der Waals surface area (Å²) in [5.74, 6) is -11.0. The molecule has 1 saturated heterocycles. The molecule has 10 amide bonds. The summed E-state index contributed by atoms with van der Waals surface area (Å²) in [6.45, 7) is 8.85. The second-order valence-corrected chi connectivity index (χ2v) is 25.4. The number of carboxylic acid groups (broad SMARTS) is 2. The van der Waals surface area contributed by atoms with Gasteiger partial charge in [-0.3, -0.25) is 62.9 Å². The molecule has 1 aromatic rings. The Hall–Kier alpha value is -7.94. The van der Waals surface area contributed by atoms with Crippen LogP contribution in [0.5, 0.6) is 5.75 Å². The van der Waals surface area contributed by atoms with E-state index >= 15 is 4.79 Å². The van der Waals surface area contributed by atoms with Crippen molar-refractivity contribution < 1.29 is 77.3 Å². The Morgan fingerprint density at radius 1 is 0.699 bits per heavy atom. The van der Waals surface area contributed by atoms with E-state index in [2.05, 4.69) is 58.3 Å². The maximum Gasteiger partial charge on any atom is 0.305 e. The van der Waals surface area contributed by atoms with Crippen LogP contribution < -0.4 is 69.4 Å². The van der Waals surface area contributed by atoms with E-state index in [9.17, 15) is 63.0 Å². The van der Waals surface area contributed by atoms with Gasteiger partial charge in [-0.2, -0.15) is 23.5 Å². The van der Waals surface area contributed by atoms with E-state index < -0.39 is 157 Å². The molecule has 0 spiro atoms. The number of ether oxygens (including phenoxy) is 1. The molecule has 1 fully saturated rings. The highest BCUT2D eigenvalue weighted by Crippen LogP contribution is 2.27. The van der Waals surface area contributed by atoms with E-state index in [4.69, 9.17) is 26.5 Å². The van der Waals surface area contributed by atoms with E-state index in [0.29, 0.717) is 57.3 Å². The number of carbonyl (C=O) groups excluding carboxylic acids is 10. The molecule has 0 aromatic heterocycles. The molecule has 0 aliphatic carbocycles. The standard InChI is InChI=1S/C60H95N15O16S2/c1-6-8-16-41-54(84)71-44(27-49(79)80)57(87)74-50(34(3)7-2)58(88)68-35(4)52(82)67-36(5)53(83)70-43(18-19-48(77)78)56(86)72-45(51(61)81)32-92-30-37-24-38-26-40(25-37)90-22-11-9-10-12-23-91-66-29-47(76)69-42(17-13-20-64-60(62)63)55(85)73-46(33-93-31-38)59(89)75-21-14-15-39(75)28-65-41/h24-26,29,34-36,39,41-46,50,65H,6-23,27-28,30-33H2,1-5H3,(H2,61,81)(H,67,82)(H,68,88)(H,69,76)(H,70,83)(H,71,84)(H,72,86)(H,73,85)(H,74,87)(H,77,78)(H,79,80)(H4,62,63,64)/b66-29+/t34-,35-,36-,39-,41-,42-,43-,44-,45-,46-,50-/m0/s1. The van der Waals surface area contributed by atoms with E-state index in [1.165, 1.54) is 37.4 Å². The van der Waals surface area contributed by atoms with Crippen LogP contribution in [0.15, 0.2) is 23.4 Å². The van der Waals surface area contributed by atoms with Crippen molar-refractivity contribution in [3.05, 3.63) is 29.3 Å². The first-order chi connectivity index (χ1) is 44.3. The lowest BCUT2D eigenvalue weighted by Gasteiger charge is -2.31. The summed E-state index contributed by atoms with van der Waals surface area (Å²) in [4.78, 5) is 170. The van der Waals surface area contributed by atoms with Crippen molar-refractivity contribution in [1.29, 1.82) is 5.41 Å². The Balaban J connectivity index is 1.81. The first kappa shape index (κ1) is 77.5. The number of carboxylic acids is 2. The van der Waals surface area contributed by atoms with Crippen LogP contribution in [0.4, 0.5) is 0 Å². The van der Waals surface area contributed by atoms with Crippen molar-refractivity contribution in [1.82, 2.24) is 58.1 Å². The number of aliphatic carboxylic acids is 2. The van der Waals surface area contributed by atoms with Gasteiger partial charge in [-0.15, -0.1) is 0 Å². The number of oxime groups is 1. The number of fused-ring (bicyclic) bond motifs is 6. The summed E-state index contributed by atoms with van der Waals surface area (Å²) in [6.07, 6.45) is 4.80. The normalized spacial score (nSPS) is 26.4. The fraction of sp³-hybridized carbons (Fsp3) is 0.667. The van der Waals surface area contributed by atoms with Gasteiger partial charge in [-0.25, -0.2) is 0 Å². The molecule has 3 aliphatic heterocycles. The highest BCUT2D eigenvalue weighted by atomic mass is 32.2. The van der Waals surface area contributed by atoms with Crippen LogP contribution in [-0.2, 0) is 73.9 Å². The van der Waals surface area contributed by atoms with Crippen LogP contribution in [0, 0.1) is 11.3 Å². The summed E-state index contributed by atoms with van der Waals surface area (Å²) in [5, 5.41) is 57.5. The molecule has 518 valence electrons. The number of rotatable bonds is 15. The number of nitrogens with zero attached hydrogens (tertiary/aromatic N) is 2. The zero-order valence-electron chi connectivity index (χ0n) is 53.6. The lowest BCUT2D eigenvalue weighted by molar-refractivity contribution is -0.141. The zero-order valence-corrected chi connectivity index (χ0v) is 55.2. The number of carbonyl (C=O) groups is 12. The van der Waals surface area contributed by atoms with Gasteiger partial charge in [-0.1, -0.05) is 51.3 Å². The summed E-state index contributed by atoms with van der Waals surface area (Å²) in [5.41, 5.74) is 12.8. The molecule has 3 aliphatic rings. The average Bonchev–Trinajstić information content (AvgIpc) is 2.74. The van der Waals surface area contributed by atoms with Gasteiger partial charge < -0.3 is 89.3 Å². The number of thioether (sulfide) groups is 2. The fourth-order valence-corrected chi connectivity index (χ4v) is 12.2. The molecule has 0 saturated carbocycles. The van der Waals surface area contributed by atoms with E-state index in [1.807, 2.05) is 25.1 Å². The second-order valence-electron chi connectivity index (χ2n) is 23.3. The minimum absolute atomic E-state index is 0.00678. The van der Waals surface area contributed by atoms with Crippen molar-refractivity contribution in [3.8, 4) is 5.75 Å². The third-order valence-corrected chi connectivity index (χ3v) is 17.9. The van der Waals surface area contributed by atoms with E-state index in [0.717, 1.165) is 30.2 Å². The largest absolute Gasteiger partial charge is 0.494 e. The molecule has 1 aromatic carbocycles. The Morgan fingerprint density at radius 2 is 1.30 bits per heavy atom. The van der Waals surface area contributed by atoms with E-state index in [1.54, 1.807) is 18.7 Å². The number of hydrogen-bond donors (Lipinski definition) is 15. The number of nitrogens with one attached hydrogen (secondary N) is 11. The van der Waals surface area contributed by atoms with Crippen molar-refractivity contribution >= 4 is 107 Å². The maximum atomic E-state index is 15.1. The highest BCUT2D eigenvalue weighted by molar-refractivity contribution is 7.98. The lowest BCUT2D eigenvalue weighted by atomic mass is 9.97. The lowest BCUT2D eigenvalue weighted by Crippen LogP contribution is -2.60. The Kier molecular flexibility index (Phi) is 34.1. The zero-order chi connectivity index (χ0) is 68.6. The molecule has 93 heavy (non-hydrogen) atoms. The van der Waals surface area contributed by atoms with E-state index in [-0.39, 0.29) is 74.5 Å². The first-order valence-corrected chi connectivity index (χ1v) is 34.0. The number of hydrogen-bond acceptors (Lipinski definition) is 19. The van der Waals surface area contributed by atoms with Crippen LogP contribution in [0.1, 0.15) is 142 Å². The van der Waals surface area contributed by atoms with Crippen LogP contribution in [0.3, 0.4) is 0 Å². The first-order valence-electron chi connectivity index (χ1n) is 31.6. The molecule has 4 bridgehead atoms. The molecule has 4 rings (SSSR count). The smallest absolute Gasteiger partial charge is 0.305 e. The number of benzene rings is 1. The highest BCUT2D eigenvalue weighted by Gasteiger charge is 2.38. The van der Waals surface area contributed by atoms with Gasteiger partial charge in [0.1, 0.15) is 66.9 Å².